The molecule has 3 nitrogen and oxygen atoms in total. The summed E-state index contributed by atoms with van der Waals surface area (Å²) in [6, 6.07) is 4.79. The van der Waals surface area contributed by atoms with Crippen LogP contribution in [-0.2, 0) is 6.18 Å². The molecule has 0 saturated heterocycles. The number of rotatable bonds is 2. The zero-order valence-corrected chi connectivity index (χ0v) is 11.4. The number of anilines is 1. The van der Waals surface area contributed by atoms with Crippen LogP contribution in [0.1, 0.15) is 5.56 Å². The Labute approximate surface area is 120 Å². The first-order chi connectivity index (χ1) is 8.79. The lowest BCUT2D eigenvalue weighted by atomic mass is 10.2. The standard InChI is InChI=1S/C11H4BrClF3N3/c12-8-1-7(11(14,15)16)2-9(13)10(8)19-5-6(3-17)4-18/h1-2,5,19H. The smallest absolute Gasteiger partial charge is 0.358 e. The fourth-order valence-electron chi connectivity index (χ4n) is 1.11. The zero-order chi connectivity index (χ0) is 14.6. The Bertz CT molecular complexity index is 572. The normalized spacial score (nSPS) is 10.3. The van der Waals surface area contributed by atoms with E-state index in [2.05, 4.69) is 21.2 Å². The van der Waals surface area contributed by atoms with E-state index in [1.807, 2.05) is 0 Å². The molecular weight excluding hydrogens is 346 g/mol. The Kier molecular flexibility index (Phi) is 4.82. The Hall–Kier alpha value is -1.70. The lowest BCUT2D eigenvalue weighted by Gasteiger charge is -2.12. The number of allylic oxidation sites excluding steroid dienone is 1. The number of nitrogens with one attached hydrogen (secondary N) is 1. The van der Waals surface area contributed by atoms with Crippen LogP contribution in [-0.4, -0.2) is 0 Å². The molecule has 0 bridgehead atoms. The van der Waals surface area contributed by atoms with Gasteiger partial charge in [0.2, 0.25) is 0 Å². The maximum absolute atomic E-state index is 12.5. The number of hydrogen-bond donors (Lipinski definition) is 1. The molecule has 1 rings (SSSR count). The molecule has 0 aliphatic heterocycles. The van der Waals surface area contributed by atoms with Crippen molar-refractivity contribution >= 4 is 33.2 Å². The molecule has 1 aromatic carbocycles. The number of halogens is 5. The van der Waals surface area contributed by atoms with Crippen molar-refractivity contribution in [2.45, 2.75) is 6.18 Å². The molecule has 1 aromatic rings. The van der Waals surface area contributed by atoms with Crippen molar-refractivity contribution in [1.82, 2.24) is 0 Å². The minimum Gasteiger partial charge on any atom is -0.358 e. The Balaban J connectivity index is 3.17. The summed E-state index contributed by atoms with van der Waals surface area (Å²) in [5.74, 6) is 0. The van der Waals surface area contributed by atoms with Gasteiger partial charge < -0.3 is 5.32 Å². The molecule has 0 saturated carbocycles. The van der Waals surface area contributed by atoms with E-state index in [1.54, 1.807) is 12.1 Å². The molecule has 0 amide bonds. The topological polar surface area (TPSA) is 59.6 Å². The Morgan fingerprint density at radius 1 is 1.32 bits per heavy atom. The van der Waals surface area contributed by atoms with Gasteiger partial charge >= 0.3 is 6.18 Å². The second kappa shape index (κ2) is 5.96. The van der Waals surface area contributed by atoms with E-state index in [-0.39, 0.29) is 20.8 Å². The molecule has 0 aliphatic rings. The van der Waals surface area contributed by atoms with Crippen LogP contribution in [0.15, 0.2) is 28.4 Å². The summed E-state index contributed by atoms with van der Waals surface area (Å²) in [4.78, 5) is 0. The molecule has 0 heterocycles. The van der Waals surface area contributed by atoms with Crippen LogP contribution in [0.25, 0.3) is 0 Å². The second-order valence-electron chi connectivity index (χ2n) is 3.24. The number of nitrogens with zero attached hydrogens (tertiary/aromatic N) is 2. The molecule has 0 atom stereocenters. The largest absolute Gasteiger partial charge is 0.416 e. The highest BCUT2D eigenvalue weighted by Gasteiger charge is 2.31. The van der Waals surface area contributed by atoms with Crippen molar-refractivity contribution in [3.8, 4) is 12.1 Å². The van der Waals surface area contributed by atoms with Crippen molar-refractivity contribution in [2.24, 2.45) is 0 Å². The average Bonchev–Trinajstić information content (AvgIpc) is 2.31. The summed E-state index contributed by atoms with van der Waals surface area (Å²) in [5.41, 5.74) is -1.000. The third-order valence-electron chi connectivity index (χ3n) is 1.97. The van der Waals surface area contributed by atoms with Crippen LogP contribution in [0.2, 0.25) is 5.02 Å². The molecule has 19 heavy (non-hydrogen) atoms. The molecule has 0 fully saturated rings. The van der Waals surface area contributed by atoms with Gasteiger partial charge in [-0.1, -0.05) is 11.6 Å². The number of alkyl halides is 3. The molecule has 0 spiro atoms. The van der Waals surface area contributed by atoms with E-state index in [0.717, 1.165) is 18.3 Å². The van der Waals surface area contributed by atoms with Crippen LogP contribution in [0.5, 0.6) is 0 Å². The van der Waals surface area contributed by atoms with E-state index in [9.17, 15) is 13.2 Å². The molecule has 0 aromatic heterocycles. The fraction of sp³-hybridized carbons (Fsp3) is 0.0909. The van der Waals surface area contributed by atoms with E-state index in [4.69, 9.17) is 22.1 Å². The third kappa shape index (κ3) is 3.88. The van der Waals surface area contributed by atoms with Crippen molar-refractivity contribution in [3.05, 3.63) is 39.0 Å². The van der Waals surface area contributed by atoms with Gasteiger partial charge in [-0.15, -0.1) is 0 Å². The number of nitriles is 2. The Morgan fingerprint density at radius 3 is 2.32 bits per heavy atom. The van der Waals surface area contributed by atoms with Crippen molar-refractivity contribution < 1.29 is 13.2 Å². The minimum atomic E-state index is -4.51. The predicted octanol–water partition coefficient (Wildman–Crippen LogP) is 4.46. The predicted molar refractivity (Wildman–Crippen MR) is 67.1 cm³/mol. The average molecular weight is 351 g/mol. The molecular formula is C11H4BrClF3N3. The first kappa shape index (κ1) is 15.4. The van der Waals surface area contributed by atoms with Gasteiger partial charge in [0, 0.05) is 10.7 Å². The van der Waals surface area contributed by atoms with Crippen molar-refractivity contribution in [1.29, 1.82) is 10.5 Å². The zero-order valence-electron chi connectivity index (χ0n) is 9.02. The lowest BCUT2D eigenvalue weighted by Crippen LogP contribution is -2.05. The van der Waals surface area contributed by atoms with Crippen LogP contribution in [0.3, 0.4) is 0 Å². The van der Waals surface area contributed by atoms with E-state index >= 15 is 0 Å². The maximum atomic E-state index is 12.5. The monoisotopic (exact) mass is 349 g/mol. The number of hydrogen-bond acceptors (Lipinski definition) is 3. The highest BCUT2D eigenvalue weighted by Crippen LogP contribution is 2.38. The van der Waals surface area contributed by atoms with Gasteiger partial charge in [0.1, 0.15) is 17.7 Å². The molecule has 0 unspecified atom stereocenters. The maximum Gasteiger partial charge on any atom is 0.416 e. The summed E-state index contributed by atoms with van der Waals surface area (Å²) in [7, 11) is 0. The van der Waals surface area contributed by atoms with Gasteiger partial charge in [-0.2, -0.15) is 23.7 Å². The molecule has 0 aliphatic carbocycles. The first-order valence-electron chi connectivity index (χ1n) is 4.62. The highest BCUT2D eigenvalue weighted by atomic mass is 79.9. The van der Waals surface area contributed by atoms with E-state index < -0.39 is 11.7 Å². The van der Waals surface area contributed by atoms with Crippen LogP contribution >= 0.6 is 27.5 Å². The van der Waals surface area contributed by atoms with Gasteiger partial charge in [0.15, 0.2) is 0 Å². The van der Waals surface area contributed by atoms with Crippen LogP contribution in [0.4, 0.5) is 18.9 Å². The van der Waals surface area contributed by atoms with E-state index in [1.165, 1.54) is 0 Å². The van der Waals surface area contributed by atoms with Gasteiger partial charge in [0.05, 0.1) is 16.3 Å². The molecule has 98 valence electrons. The summed E-state index contributed by atoms with van der Waals surface area (Å²) < 4.78 is 37.6. The minimum absolute atomic E-state index is 0.0683. The van der Waals surface area contributed by atoms with E-state index in [0.29, 0.717) is 0 Å². The van der Waals surface area contributed by atoms with Crippen LogP contribution in [0, 0.1) is 22.7 Å². The third-order valence-corrected chi connectivity index (χ3v) is 2.89. The fourth-order valence-corrected chi connectivity index (χ4v) is 2.07. The molecule has 8 heteroatoms. The lowest BCUT2D eigenvalue weighted by molar-refractivity contribution is -0.137. The quantitative estimate of drug-likeness (QED) is 0.801. The number of benzene rings is 1. The summed E-state index contributed by atoms with van der Waals surface area (Å²) in [6.45, 7) is 0. The summed E-state index contributed by atoms with van der Waals surface area (Å²) >= 11 is 8.67. The highest BCUT2D eigenvalue weighted by molar-refractivity contribution is 9.10. The summed E-state index contributed by atoms with van der Waals surface area (Å²) in [5, 5.41) is 19.4. The second-order valence-corrected chi connectivity index (χ2v) is 4.50. The van der Waals surface area contributed by atoms with Gasteiger partial charge in [-0.3, -0.25) is 0 Å². The molecule has 0 radical (unpaired) electrons. The Morgan fingerprint density at radius 2 is 1.89 bits per heavy atom. The van der Waals surface area contributed by atoms with Gasteiger partial charge in [-0.25, -0.2) is 0 Å². The molecule has 1 N–H and O–H groups in total. The first-order valence-corrected chi connectivity index (χ1v) is 5.80. The van der Waals surface area contributed by atoms with Gasteiger partial charge in [-0.05, 0) is 28.1 Å². The SMILES string of the molecule is N#CC(C#N)=CNc1c(Cl)cc(C(F)(F)F)cc1Br. The van der Waals surface area contributed by atoms with Gasteiger partial charge in [0.25, 0.3) is 0 Å². The van der Waals surface area contributed by atoms with Crippen molar-refractivity contribution in [3.63, 3.8) is 0 Å². The van der Waals surface area contributed by atoms with Crippen LogP contribution < -0.4 is 5.32 Å². The van der Waals surface area contributed by atoms with Crippen molar-refractivity contribution in [2.75, 3.05) is 5.32 Å². The summed E-state index contributed by atoms with van der Waals surface area (Å²) in [6.07, 6.45) is -3.45.